The Balaban J connectivity index is 1.27. The number of methoxy groups -OCH3 is 1. The first-order valence-corrected chi connectivity index (χ1v) is 14.5. The monoisotopic (exact) mass is 530 g/mol. The number of benzene rings is 4. The van der Waals surface area contributed by atoms with Gasteiger partial charge in [0.1, 0.15) is 6.61 Å². The summed E-state index contributed by atoms with van der Waals surface area (Å²) in [7, 11) is 1.40. The number of fused-ring (bicyclic) bond motifs is 1. The van der Waals surface area contributed by atoms with Crippen molar-refractivity contribution in [3.05, 3.63) is 107 Å². The lowest BCUT2D eigenvalue weighted by Gasteiger charge is -2.57. The van der Waals surface area contributed by atoms with Gasteiger partial charge in [-0.15, -0.1) is 0 Å². The van der Waals surface area contributed by atoms with E-state index in [0.29, 0.717) is 5.56 Å². The molecule has 0 aliphatic heterocycles. The van der Waals surface area contributed by atoms with Crippen LogP contribution in [0.4, 0.5) is 0 Å². The molecule has 4 bridgehead atoms. The van der Waals surface area contributed by atoms with E-state index in [9.17, 15) is 9.59 Å². The smallest absolute Gasteiger partial charge is 0.338 e. The summed E-state index contributed by atoms with van der Waals surface area (Å²) in [6, 6.07) is 28.2. The fourth-order valence-electron chi connectivity index (χ4n) is 8.25. The van der Waals surface area contributed by atoms with Gasteiger partial charge in [-0.3, -0.25) is 0 Å². The molecule has 40 heavy (non-hydrogen) atoms. The molecule has 0 aromatic heterocycles. The lowest BCUT2D eigenvalue weighted by atomic mass is 9.47. The third-order valence-corrected chi connectivity index (χ3v) is 9.66. The maximum Gasteiger partial charge on any atom is 0.338 e. The summed E-state index contributed by atoms with van der Waals surface area (Å²) in [6.45, 7) is 0.278. The molecule has 8 rings (SSSR count). The highest BCUT2D eigenvalue weighted by Crippen LogP contribution is 2.61. The third kappa shape index (κ3) is 4.50. The van der Waals surface area contributed by atoms with Crippen molar-refractivity contribution in [1.82, 2.24) is 0 Å². The van der Waals surface area contributed by atoms with Gasteiger partial charge in [0.15, 0.2) is 0 Å². The zero-order chi connectivity index (χ0) is 27.3. The molecule has 4 aliphatic carbocycles. The average molecular weight is 531 g/mol. The van der Waals surface area contributed by atoms with Crippen LogP contribution < -0.4 is 0 Å². The van der Waals surface area contributed by atoms with E-state index < -0.39 is 0 Å². The van der Waals surface area contributed by atoms with Gasteiger partial charge in [0.25, 0.3) is 0 Å². The minimum absolute atomic E-state index is 0.0537. The summed E-state index contributed by atoms with van der Waals surface area (Å²) in [5.41, 5.74) is 5.73. The van der Waals surface area contributed by atoms with Crippen LogP contribution in [0.15, 0.2) is 84.9 Å². The zero-order valence-corrected chi connectivity index (χ0v) is 22.9. The van der Waals surface area contributed by atoms with Crippen molar-refractivity contribution in [2.45, 2.75) is 50.5 Å². The minimum atomic E-state index is -0.332. The van der Waals surface area contributed by atoms with Gasteiger partial charge < -0.3 is 9.47 Å². The number of hydrogen-bond acceptors (Lipinski definition) is 4. The number of carbonyl (C=O) groups is 2. The highest BCUT2D eigenvalue weighted by molar-refractivity contribution is 5.97. The van der Waals surface area contributed by atoms with E-state index in [-0.39, 0.29) is 24.0 Å². The fraction of sp³-hybridized carbons (Fsp3) is 0.333. The zero-order valence-electron chi connectivity index (χ0n) is 22.9. The minimum Gasteiger partial charge on any atom is -0.465 e. The maximum absolute atomic E-state index is 13.6. The number of hydrogen-bond donors (Lipinski definition) is 0. The van der Waals surface area contributed by atoms with Gasteiger partial charge in [0.05, 0.1) is 18.2 Å². The largest absolute Gasteiger partial charge is 0.465 e. The van der Waals surface area contributed by atoms with Gasteiger partial charge in [-0.05, 0) is 125 Å². The van der Waals surface area contributed by atoms with E-state index in [4.69, 9.17) is 9.47 Å². The van der Waals surface area contributed by atoms with E-state index >= 15 is 0 Å². The number of rotatable bonds is 6. The van der Waals surface area contributed by atoms with Crippen molar-refractivity contribution >= 4 is 22.7 Å². The molecule has 0 saturated heterocycles. The first kappa shape index (κ1) is 25.1. The van der Waals surface area contributed by atoms with Crippen molar-refractivity contribution in [2.24, 2.45) is 17.8 Å². The van der Waals surface area contributed by atoms with Gasteiger partial charge in [0, 0.05) is 0 Å². The van der Waals surface area contributed by atoms with Crippen LogP contribution in [0.3, 0.4) is 0 Å². The highest BCUT2D eigenvalue weighted by atomic mass is 16.5. The molecule has 4 aromatic rings. The topological polar surface area (TPSA) is 52.6 Å². The summed E-state index contributed by atoms with van der Waals surface area (Å²) in [5, 5.41) is 2.06. The Kier molecular flexibility index (Phi) is 6.22. The van der Waals surface area contributed by atoms with Crippen LogP contribution in [0.25, 0.3) is 21.9 Å². The van der Waals surface area contributed by atoms with Crippen molar-refractivity contribution in [3.63, 3.8) is 0 Å². The summed E-state index contributed by atoms with van der Waals surface area (Å²) in [6.07, 6.45) is 7.58. The van der Waals surface area contributed by atoms with Crippen molar-refractivity contribution in [3.8, 4) is 11.1 Å². The molecule has 202 valence electrons. The second kappa shape index (κ2) is 9.92. The number of carbonyl (C=O) groups excluding carboxylic acids is 2. The Morgan fingerprint density at radius 1 is 0.725 bits per heavy atom. The van der Waals surface area contributed by atoms with Crippen LogP contribution in [0.2, 0.25) is 0 Å². The summed E-state index contributed by atoms with van der Waals surface area (Å²) in [5.74, 6) is 1.75. The Morgan fingerprint density at radius 3 is 2.05 bits per heavy atom. The molecule has 0 heterocycles. The van der Waals surface area contributed by atoms with E-state index in [2.05, 4.69) is 30.3 Å². The maximum atomic E-state index is 13.6. The molecule has 4 aromatic carbocycles. The predicted molar refractivity (Wildman–Crippen MR) is 156 cm³/mol. The lowest BCUT2D eigenvalue weighted by Crippen LogP contribution is -2.49. The van der Waals surface area contributed by atoms with Crippen LogP contribution in [0, 0.1) is 17.8 Å². The molecule has 4 nitrogen and oxygen atoms in total. The molecule has 0 spiro atoms. The normalized spacial score (nSPS) is 24.7. The Labute approximate surface area is 235 Å². The summed E-state index contributed by atoms with van der Waals surface area (Å²) < 4.78 is 10.8. The van der Waals surface area contributed by atoms with Gasteiger partial charge in [-0.1, -0.05) is 54.6 Å². The number of ether oxygens (including phenoxy) is 2. The quantitative estimate of drug-likeness (QED) is 0.236. The average Bonchev–Trinajstić information content (AvgIpc) is 2.98. The fourth-order valence-corrected chi connectivity index (χ4v) is 8.25. The molecular weight excluding hydrogens is 496 g/mol. The van der Waals surface area contributed by atoms with Crippen LogP contribution in [0.1, 0.15) is 70.4 Å². The SMILES string of the molecule is COC(=O)c1ccc2cc(-c3ccc(C(=O)OCc4ccccc4)c(C45CC6CC(CC(C6)C4)C5)c3)ccc2c1. The van der Waals surface area contributed by atoms with Crippen LogP contribution in [-0.4, -0.2) is 19.0 Å². The Hall–Kier alpha value is -3.92. The van der Waals surface area contributed by atoms with Crippen LogP contribution in [0.5, 0.6) is 0 Å². The second-order valence-electron chi connectivity index (χ2n) is 12.3. The standard InChI is InChI=1S/C36H34O4/c1-39-34(37)31-10-9-27-16-28(7-8-29(27)17-31)30-11-12-32(35(38)40-22-23-5-3-2-4-6-23)33(18-30)36-19-24-13-25(20-36)15-26(14-24)21-36/h2-12,16-18,24-26H,13-15,19-22H2,1H3. The van der Waals surface area contributed by atoms with Gasteiger partial charge in [-0.25, -0.2) is 9.59 Å². The molecule has 0 radical (unpaired) electrons. The van der Waals surface area contributed by atoms with E-state index in [1.165, 1.54) is 51.2 Å². The molecule has 0 amide bonds. The third-order valence-electron chi connectivity index (χ3n) is 9.66. The molecule has 4 saturated carbocycles. The first-order valence-electron chi connectivity index (χ1n) is 14.5. The number of esters is 2. The molecule has 0 atom stereocenters. The van der Waals surface area contributed by atoms with E-state index in [1.54, 1.807) is 0 Å². The predicted octanol–water partition coefficient (Wildman–Crippen LogP) is 8.12. The molecule has 4 heteroatoms. The molecule has 0 unspecified atom stereocenters. The summed E-state index contributed by atoms with van der Waals surface area (Å²) in [4.78, 5) is 25.6. The van der Waals surface area contributed by atoms with Gasteiger partial charge in [-0.2, -0.15) is 0 Å². The summed E-state index contributed by atoms with van der Waals surface area (Å²) >= 11 is 0. The van der Waals surface area contributed by atoms with Crippen molar-refractivity contribution in [1.29, 1.82) is 0 Å². The van der Waals surface area contributed by atoms with Gasteiger partial charge >= 0.3 is 11.9 Å². The Bertz CT molecular complexity index is 1570. The first-order chi connectivity index (χ1) is 19.5. The van der Waals surface area contributed by atoms with Crippen molar-refractivity contribution < 1.29 is 19.1 Å². The molecule has 0 N–H and O–H groups in total. The van der Waals surface area contributed by atoms with Gasteiger partial charge in [0.2, 0.25) is 0 Å². The molecule has 4 fully saturated rings. The van der Waals surface area contributed by atoms with Crippen LogP contribution in [-0.2, 0) is 21.5 Å². The Morgan fingerprint density at radius 2 is 1.35 bits per heavy atom. The molecule has 4 aliphatic rings. The lowest BCUT2D eigenvalue weighted by molar-refractivity contribution is -0.00612. The second-order valence-corrected chi connectivity index (χ2v) is 12.3. The van der Waals surface area contributed by atoms with E-state index in [1.807, 2.05) is 54.6 Å². The molecular formula is C36H34O4. The van der Waals surface area contributed by atoms with Crippen LogP contribution >= 0.6 is 0 Å². The van der Waals surface area contributed by atoms with Crippen molar-refractivity contribution in [2.75, 3.05) is 7.11 Å². The van der Waals surface area contributed by atoms with E-state index in [0.717, 1.165) is 50.8 Å². The highest BCUT2D eigenvalue weighted by Gasteiger charge is 2.52.